The van der Waals surface area contributed by atoms with E-state index in [1.165, 1.54) is 7.11 Å². The molecule has 1 N–H and O–H groups in total. The van der Waals surface area contributed by atoms with Crippen LogP contribution in [0.5, 0.6) is 17.2 Å². The molecule has 3 aromatic carbocycles. The first-order valence-electron chi connectivity index (χ1n) is 12.1. The van der Waals surface area contributed by atoms with Crippen molar-refractivity contribution in [1.29, 1.82) is 0 Å². The Balaban J connectivity index is 1.72. The van der Waals surface area contributed by atoms with Gasteiger partial charge in [-0.1, -0.05) is 6.07 Å². The van der Waals surface area contributed by atoms with Gasteiger partial charge in [0.25, 0.3) is 11.7 Å². The van der Waals surface area contributed by atoms with E-state index < -0.39 is 35.1 Å². The third-order valence-corrected chi connectivity index (χ3v) is 6.59. The normalized spacial score (nSPS) is 19.9. The summed E-state index contributed by atoms with van der Waals surface area (Å²) in [5.74, 6) is -2.93. The topological polar surface area (TPSA) is 85.3 Å². The number of hydrogen-bond acceptors (Lipinski definition) is 6. The van der Waals surface area contributed by atoms with Gasteiger partial charge in [0.2, 0.25) is 0 Å². The Morgan fingerprint density at radius 1 is 1.08 bits per heavy atom. The van der Waals surface area contributed by atoms with Crippen molar-refractivity contribution in [3.05, 3.63) is 88.5 Å². The van der Waals surface area contributed by atoms with E-state index in [2.05, 4.69) is 0 Å². The molecule has 0 spiro atoms. The number of halogens is 2. The highest BCUT2D eigenvalue weighted by atomic mass is 19.1. The lowest BCUT2D eigenvalue weighted by atomic mass is 9.94. The first-order chi connectivity index (χ1) is 18.2. The number of methoxy groups -OCH3 is 1. The van der Waals surface area contributed by atoms with Crippen LogP contribution in [0.15, 0.2) is 60.2 Å². The Hall–Kier alpha value is -4.40. The number of ether oxygens (including phenoxy) is 3. The predicted molar refractivity (Wildman–Crippen MR) is 136 cm³/mol. The quantitative estimate of drug-likeness (QED) is 0.269. The maximum absolute atomic E-state index is 15.0. The molecule has 38 heavy (non-hydrogen) atoms. The Bertz CT molecular complexity index is 1480. The number of carbonyl (C=O) groups excluding carboxylic acids is 2. The molecule has 1 saturated heterocycles. The summed E-state index contributed by atoms with van der Waals surface area (Å²) < 4.78 is 45.4. The van der Waals surface area contributed by atoms with Crippen molar-refractivity contribution in [3.63, 3.8) is 0 Å². The van der Waals surface area contributed by atoms with Gasteiger partial charge in [0.15, 0.2) is 11.5 Å². The summed E-state index contributed by atoms with van der Waals surface area (Å²) in [5, 5.41) is 11.4. The van der Waals surface area contributed by atoms with E-state index in [-0.39, 0.29) is 17.4 Å². The zero-order chi connectivity index (χ0) is 27.1. The van der Waals surface area contributed by atoms with E-state index in [0.29, 0.717) is 47.5 Å². The number of aliphatic hydroxyl groups excluding tert-OH is 1. The second kappa shape index (κ2) is 9.81. The molecule has 1 fully saturated rings. The van der Waals surface area contributed by atoms with Crippen molar-refractivity contribution >= 4 is 23.1 Å². The van der Waals surface area contributed by atoms with E-state index in [1.807, 2.05) is 6.92 Å². The third kappa shape index (κ3) is 4.23. The molecule has 2 unspecified atom stereocenters. The van der Waals surface area contributed by atoms with Gasteiger partial charge in [-0.3, -0.25) is 14.5 Å². The van der Waals surface area contributed by atoms with Gasteiger partial charge in [-0.2, -0.15) is 0 Å². The summed E-state index contributed by atoms with van der Waals surface area (Å²) in [7, 11) is 1.47. The molecular formula is C29H25F2NO6. The van der Waals surface area contributed by atoms with Crippen LogP contribution in [0.4, 0.5) is 14.5 Å². The number of benzene rings is 3. The average Bonchev–Trinajstić information content (AvgIpc) is 3.39. The van der Waals surface area contributed by atoms with Crippen LogP contribution in [-0.2, 0) is 16.0 Å². The van der Waals surface area contributed by atoms with E-state index in [4.69, 9.17) is 14.2 Å². The number of aliphatic hydroxyl groups is 1. The standard InChI is InChI=1S/C29H25F2NO6/c1-4-37-24-13-16(5-10-23(24)36-3)26-25(27(33)17-6-9-22-18(12-17)11-15(2)38-22)28(34)29(35)32(26)21-8-7-19(30)14-20(21)31/h5-10,12-15,26,33H,4,11H2,1-3H3/b27-25+. The number of amides is 1. The molecule has 0 saturated carbocycles. The molecule has 2 aliphatic rings. The molecule has 9 heteroatoms. The zero-order valence-electron chi connectivity index (χ0n) is 21.0. The predicted octanol–water partition coefficient (Wildman–Crippen LogP) is 5.32. The minimum atomic E-state index is -1.23. The lowest BCUT2D eigenvalue weighted by Crippen LogP contribution is -2.30. The monoisotopic (exact) mass is 521 g/mol. The molecule has 2 heterocycles. The lowest BCUT2D eigenvalue weighted by molar-refractivity contribution is -0.132. The van der Waals surface area contributed by atoms with Gasteiger partial charge in [-0.25, -0.2) is 8.78 Å². The summed E-state index contributed by atoms with van der Waals surface area (Å²) in [6.45, 7) is 4.01. The molecule has 0 aliphatic carbocycles. The minimum Gasteiger partial charge on any atom is -0.507 e. The Kier molecular flexibility index (Phi) is 6.52. The summed E-state index contributed by atoms with van der Waals surface area (Å²) in [6.07, 6.45) is 0.580. The van der Waals surface area contributed by atoms with Crippen LogP contribution in [0.2, 0.25) is 0 Å². The smallest absolute Gasteiger partial charge is 0.300 e. The Morgan fingerprint density at radius 3 is 2.58 bits per heavy atom. The van der Waals surface area contributed by atoms with Crippen molar-refractivity contribution in [2.75, 3.05) is 18.6 Å². The molecular weight excluding hydrogens is 496 g/mol. The van der Waals surface area contributed by atoms with Crippen LogP contribution in [0.25, 0.3) is 5.76 Å². The Morgan fingerprint density at radius 2 is 1.87 bits per heavy atom. The molecule has 0 aromatic heterocycles. The molecule has 2 atom stereocenters. The van der Waals surface area contributed by atoms with E-state index >= 15 is 0 Å². The highest BCUT2D eigenvalue weighted by Gasteiger charge is 2.48. The highest BCUT2D eigenvalue weighted by Crippen LogP contribution is 2.45. The van der Waals surface area contributed by atoms with Gasteiger partial charge in [0, 0.05) is 18.1 Å². The molecule has 0 bridgehead atoms. The van der Waals surface area contributed by atoms with E-state index in [0.717, 1.165) is 22.6 Å². The van der Waals surface area contributed by atoms with Gasteiger partial charge in [-0.15, -0.1) is 0 Å². The number of rotatable bonds is 6. The molecule has 3 aromatic rings. The van der Waals surface area contributed by atoms with E-state index in [1.54, 1.807) is 43.3 Å². The Labute approximate surface area is 217 Å². The zero-order valence-corrected chi connectivity index (χ0v) is 21.0. The highest BCUT2D eigenvalue weighted by molar-refractivity contribution is 6.51. The van der Waals surface area contributed by atoms with Gasteiger partial charge in [0.05, 0.1) is 31.0 Å². The number of hydrogen-bond donors (Lipinski definition) is 1. The van der Waals surface area contributed by atoms with Crippen molar-refractivity contribution in [2.24, 2.45) is 0 Å². The first kappa shape index (κ1) is 25.3. The maximum atomic E-state index is 15.0. The molecule has 7 nitrogen and oxygen atoms in total. The van der Waals surface area contributed by atoms with Gasteiger partial charge < -0.3 is 19.3 Å². The summed E-state index contributed by atoms with van der Waals surface area (Å²) >= 11 is 0. The number of fused-ring (bicyclic) bond motifs is 1. The summed E-state index contributed by atoms with van der Waals surface area (Å²) in [4.78, 5) is 27.7. The molecule has 196 valence electrons. The SMILES string of the molecule is CCOc1cc(C2/C(=C(\O)c3ccc4c(c3)CC(C)O4)C(=O)C(=O)N2c2ccc(F)cc2F)ccc1OC. The number of Topliss-reactive ketones (excluding diaryl/α,β-unsaturated/α-hetero) is 1. The minimum absolute atomic E-state index is 0.0364. The lowest BCUT2D eigenvalue weighted by Gasteiger charge is -2.26. The van der Waals surface area contributed by atoms with Crippen LogP contribution in [-0.4, -0.2) is 36.6 Å². The average molecular weight is 522 g/mol. The van der Waals surface area contributed by atoms with Crippen molar-refractivity contribution in [2.45, 2.75) is 32.4 Å². The van der Waals surface area contributed by atoms with Crippen molar-refractivity contribution < 1.29 is 37.7 Å². The fourth-order valence-electron chi connectivity index (χ4n) is 4.93. The van der Waals surface area contributed by atoms with Gasteiger partial charge >= 0.3 is 0 Å². The van der Waals surface area contributed by atoms with Gasteiger partial charge in [0.1, 0.15) is 29.2 Å². The first-order valence-corrected chi connectivity index (χ1v) is 12.1. The second-order valence-electron chi connectivity index (χ2n) is 9.06. The van der Waals surface area contributed by atoms with E-state index in [9.17, 15) is 23.5 Å². The summed E-state index contributed by atoms with van der Waals surface area (Å²) in [6, 6.07) is 11.2. The van der Waals surface area contributed by atoms with Crippen LogP contribution in [0.3, 0.4) is 0 Å². The van der Waals surface area contributed by atoms with Crippen molar-refractivity contribution in [3.8, 4) is 17.2 Å². The largest absolute Gasteiger partial charge is 0.507 e. The second-order valence-corrected chi connectivity index (χ2v) is 9.06. The number of nitrogens with zero attached hydrogens (tertiary/aromatic N) is 1. The third-order valence-electron chi connectivity index (χ3n) is 6.59. The molecule has 5 rings (SSSR count). The fraction of sp³-hybridized carbons (Fsp3) is 0.241. The number of carbonyl (C=O) groups is 2. The van der Waals surface area contributed by atoms with Crippen LogP contribution in [0.1, 0.15) is 36.6 Å². The fourth-order valence-corrected chi connectivity index (χ4v) is 4.93. The number of ketones is 1. The van der Waals surface area contributed by atoms with Crippen LogP contribution < -0.4 is 19.1 Å². The maximum Gasteiger partial charge on any atom is 0.300 e. The summed E-state index contributed by atoms with van der Waals surface area (Å²) in [5.41, 5.74) is 0.972. The van der Waals surface area contributed by atoms with Crippen LogP contribution >= 0.6 is 0 Å². The van der Waals surface area contributed by atoms with Crippen LogP contribution in [0, 0.1) is 11.6 Å². The molecule has 1 amide bonds. The molecule has 0 radical (unpaired) electrons. The van der Waals surface area contributed by atoms with Gasteiger partial charge in [-0.05, 0) is 67.4 Å². The van der Waals surface area contributed by atoms with Crippen molar-refractivity contribution in [1.82, 2.24) is 0 Å². The molecule has 2 aliphatic heterocycles. The number of anilines is 1.